The number of rotatable bonds is 5. The summed E-state index contributed by atoms with van der Waals surface area (Å²) in [6.45, 7) is -0.360. The maximum atomic E-state index is 12.7. The predicted molar refractivity (Wildman–Crippen MR) is 108 cm³/mol. The first-order valence-electron chi connectivity index (χ1n) is 9.31. The summed E-state index contributed by atoms with van der Waals surface area (Å²) in [5.41, 5.74) is 1.78. The van der Waals surface area contributed by atoms with E-state index in [0.717, 1.165) is 36.8 Å². The van der Waals surface area contributed by atoms with E-state index in [0.29, 0.717) is 28.4 Å². The number of carbonyl (C=O) groups is 2. The monoisotopic (exact) mass is 414 g/mol. The molecule has 0 bridgehead atoms. The number of carbonyl (C=O) groups excluding carboxylic acids is 2. The van der Waals surface area contributed by atoms with Gasteiger partial charge in [0.05, 0.1) is 11.0 Å². The fraction of sp³-hybridized carbons (Fsp3) is 0.381. The SMILES string of the molecule is N#Cc1c(NC(=O)COC(=O)C2(c3ccc(Cl)cc3)CCC2)sc2c1CCC2. The molecule has 1 fully saturated rings. The van der Waals surface area contributed by atoms with Crippen LogP contribution in [0, 0.1) is 11.3 Å². The summed E-state index contributed by atoms with van der Waals surface area (Å²) in [6, 6.07) is 9.40. The second-order valence-electron chi connectivity index (χ2n) is 7.24. The van der Waals surface area contributed by atoms with Gasteiger partial charge in [-0.05, 0) is 55.4 Å². The lowest BCUT2D eigenvalue weighted by Gasteiger charge is -2.39. The molecule has 2 aromatic rings. The highest BCUT2D eigenvalue weighted by atomic mass is 35.5. The Morgan fingerprint density at radius 1 is 1.21 bits per heavy atom. The van der Waals surface area contributed by atoms with Gasteiger partial charge in [-0.15, -0.1) is 11.3 Å². The lowest BCUT2D eigenvalue weighted by Crippen LogP contribution is -2.44. The van der Waals surface area contributed by atoms with E-state index in [1.54, 1.807) is 12.1 Å². The van der Waals surface area contributed by atoms with Gasteiger partial charge in [0, 0.05) is 9.90 Å². The van der Waals surface area contributed by atoms with Crippen LogP contribution in [0.1, 0.15) is 47.3 Å². The number of nitrogens with one attached hydrogen (secondary N) is 1. The molecule has 0 saturated heterocycles. The Hall–Kier alpha value is -2.36. The standard InChI is InChI=1S/C21H19ClN2O3S/c22-14-7-5-13(6-8-14)21(9-2-10-21)20(26)27-12-18(25)24-19-16(11-23)15-3-1-4-17(15)28-19/h5-8H,1-4,9-10,12H2,(H,24,25). The molecule has 1 amide bonds. The third kappa shape index (κ3) is 3.30. The average molecular weight is 415 g/mol. The number of amides is 1. The Kier molecular flexibility index (Phi) is 5.13. The normalized spacial score (nSPS) is 16.6. The van der Waals surface area contributed by atoms with Crippen molar-refractivity contribution in [3.05, 3.63) is 50.9 Å². The molecule has 28 heavy (non-hydrogen) atoms. The molecule has 0 radical (unpaired) electrons. The van der Waals surface area contributed by atoms with Crippen molar-refractivity contribution >= 4 is 39.8 Å². The average Bonchev–Trinajstić information content (AvgIpc) is 3.21. The zero-order valence-electron chi connectivity index (χ0n) is 15.2. The minimum absolute atomic E-state index is 0.360. The van der Waals surface area contributed by atoms with Crippen molar-refractivity contribution in [1.82, 2.24) is 0 Å². The number of esters is 1. The van der Waals surface area contributed by atoms with E-state index < -0.39 is 11.3 Å². The quantitative estimate of drug-likeness (QED) is 0.737. The van der Waals surface area contributed by atoms with Gasteiger partial charge in [0.25, 0.3) is 5.91 Å². The number of hydrogen-bond acceptors (Lipinski definition) is 5. The highest BCUT2D eigenvalue weighted by molar-refractivity contribution is 7.16. The van der Waals surface area contributed by atoms with Crippen LogP contribution in [-0.2, 0) is 32.6 Å². The molecule has 1 heterocycles. The van der Waals surface area contributed by atoms with Crippen LogP contribution >= 0.6 is 22.9 Å². The molecular formula is C21H19ClN2O3S. The van der Waals surface area contributed by atoms with Gasteiger partial charge in [-0.2, -0.15) is 5.26 Å². The fourth-order valence-electron chi connectivity index (χ4n) is 3.95. The summed E-state index contributed by atoms with van der Waals surface area (Å²) in [5.74, 6) is -0.805. The number of hydrogen-bond donors (Lipinski definition) is 1. The predicted octanol–water partition coefficient (Wildman–Crippen LogP) is 4.37. The van der Waals surface area contributed by atoms with Crippen LogP contribution in [0.2, 0.25) is 5.02 Å². The topological polar surface area (TPSA) is 79.2 Å². The Labute approximate surface area is 172 Å². The van der Waals surface area contributed by atoms with E-state index in [9.17, 15) is 14.9 Å². The maximum Gasteiger partial charge on any atom is 0.317 e. The number of ether oxygens (including phenoxy) is 1. The largest absolute Gasteiger partial charge is 0.455 e. The van der Waals surface area contributed by atoms with Gasteiger partial charge < -0.3 is 10.1 Å². The van der Waals surface area contributed by atoms with Crippen molar-refractivity contribution in [2.24, 2.45) is 0 Å². The summed E-state index contributed by atoms with van der Waals surface area (Å²) in [4.78, 5) is 26.2. The lowest BCUT2D eigenvalue weighted by atomic mass is 9.64. The molecule has 7 heteroatoms. The minimum Gasteiger partial charge on any atom is -0.455 e. The molecule has 1 aromatic heterocycles. The van der Waals surface area contributed by atoms with Gasteiger partial charge >= 0.3 is 5.97 Å². The zero-order valence-corrected chi connectivity index (χ0v) is 16.8. The number of nitriles is 1. The first-order valence-corrected chi connectivity index (χ1v) is 10.5. The van der Waals surface area contributed by atoms with E-state index in [1.807, 2.05) is 12.1 Å². The van der Waals surface area contributed by atoms with Gasteiger partial charge in [-0.1, -0.05) is 30.2 Å². The zero-order chi connectivity index (χ0) is 19.7. The second kappa shape index (κ2) is 7.57. The van der Waals surface area contributed by atoms with Crippen molar-refractivity contribution in [3.8, 4) is 6.07 Å². The number of aryl methyl sites for hydroxylation is 1. The summed E-state index contributed by atoms with van der Waals surface area (Å²) in [6.07, 6.45) is 5.22. The summed E-state index contributed by atoms with van der Waals surface area (Å²) in [7, 11) is 0. The van der Waals surface area contributed by atoms with E-state index in [-0.39, 0.29) is 12.6 Å². The molecular weight excluding hydrogens is 396 g/mol. The number of anilines is 1. The van der Waals surface area contributed by atoms with Crippen LogP contribution in [0.15, 0.2) is 24.3 Å². The van der Waals surface area contributed by atoms with Gasteiger partial charge in [0.1, 0.15) is 11.1 Å². The lowest BCUT2D eigenvalue weighted by molar-refractivity contribution is -0.156. The van der Waals surface area contributed by atoms with Crippen molar-refractivity contribution in [3.63, 3.8) is 0 Å². The molecule has 5 nitrogen and oxygen atoms in total. The van der Waals surface area contributed by atoms with Crippen LogP contribution in [-0.4, -0.2) is 18.5 Å². The molecule has 144 valence electrons. The number of fused-ring (bicyclic) bond motifs is 1. The van der Waals surface area contributed by atoms with Crippen LogP contribution in [0.5, 0.6) is 0 Å². The van der Waals surface area contributed by atoms with Gasteiger partial charge in [0.2, 0.25) is 0 Å². The van der Waals surface area contributed by atoms with E-state index >= 15 is 0 Å². The molecule has 2 aliphatic rings. The van der Waals surface area contributed by atoms with Crippen molar-refractivity contribution in [2.75, 3.05) is 11.9 Å². The first-order chi connectivity index (χ1) is 13.5. The van der Waals surface area contributed by atoms with E-state index in [4.69, 9.17) is 16.3 Å². The molecule has 1 saturated carbocycles. The van der Waals surface area contributed by atoms with Crippen molar-refractivity contribution in [1.29, 1.82) is 5.26 Å². The molecule has 0 aliphatic heterocycles. The molecule has 1 aromatic carbocycles. The van der Waals surface area contributed by atoms with Crippen LogP contribution in [0.25, 0.3) is 0 Å². The summed E-state index contributed by atoms with van der Waals surface area (Å²) in [5, 5.41) is 13.3. The Bertz CT molecular complexity index is 971. The second-order valence-corrected chi connectivity index (χ2v) is 8.78. The molecule has 1 N–H and O–H groups in total. The molecule has 2 aliphatic carbocycles. The van der Waals surface area contributed by atoms with E-state index in [1.165, 1.54) is 16.2 Å². The van der Waals surface area contributed by atoms with Gasteiger partial charge in [-0.25, -0.2) is 0 Å². The maximum absolute atomic E-state index is 12.7. The van der Waals surface area contributed by atoms with Crippen molar-refractivity contribution < 1.29 is 14.3 Å². The highest BCUT2D eigenvalue weighted by Gasteiger charge is 2.47. The Morgan fingerprint density at radius 2 is 1.96 bits per heavy atom. The van der Waals surface area contributed by atoms with Crippen LogP contribution in [0.3, 0.4) is 0 Å². The summed E-state index contributed by atoms with van der Waals surface area (Å²) < 4.78 is 5.36. The third-order valence-electron chi connectivity index (χ3n) is 5.62. The van der Waals surface area contributed by atoms with Gasteiger partial charge in [-0.3, -0.25) is 9.59 Å². The first kappa shape index (κ1) is 19.0. The Morgan fingerprint density at radius 3 is 2.61 bits per heavy atom. The van der Waals surface area contributed by atoms with Crippen LogP contribution < -0.4 is 5.32 Å². The fourth-order valence-corrected chi connectivity index (χ4v) is 5.33. The van der Waals surface area contributed by atoms with Crippen LogP contribution in [0.4, 0.5) is 5.00 Å². The molecule has 0 spiro atoms. The minimum atomic E-state index is -0.688. The van der Waals surface area contributed by atoms with E-state index in [2.05, 4.69) is 11.4 Å². The summed E-state index contributed by atoms with van der Waals surface area (Å²) >= 11 is 7.39. The number of benzene rings is 1. The molecule has 0 atom stereocenters. The molecule has 4 rings (SSSR count). The Balaban J connectivity index is 1.40. The van der Waals surface area contributed by atoms with Crippen molar-refractivity contribution in [2.45, 2.75) is 43.9 Å². The number of halogens is 1. The van der Waals surface area contributed by atoms with Gasteiger partial charge in [0.15, 0.2) is 6.61 Å². The number of thiophene rings is 1. The number of nitrogens with zero attached hydrogens (tertiary/aromatic N) is 1. The third-order valence-corrected chi connectivity index (χ3v) is 7.07. The highest BCUT2D eigenvalue weighted by Crippen LogP contribution is 2.45. The smallest absolute Gasteiger partial charge is 0.317 e. The molecule has 0 unspecified atom stereocenters.